The highest BCUT2D eigenvalue weighted by Crippen LogP contribution is 2.32. The molecule has 0 spiro atoms. The number of hydrogen-bond donors (Lipinski definition) is 1. The van der Waals surface area contributed by atoms with E-state index >= 15 is 0 Å². The van der Waals surface area contributed by atoms with Gasteiger partial charge in [-0.15, -0.1) is 0 Å². The minimum Gasteiger partial charge on any atom is -0.454 e. The van der Waals surface area contributed by atoms with Crippen LogP contribution in [0.5, 0.6) is 11.5 Å². The normalized spacial score (nSPS) is 16.5. The average molecular weight is 396 g/mol. The Balaban J connectivity index is 1.19. The fourth-order valence-corrected chi connectivity index (χ4v) is 3.63. The number of hydrogen-bond acceptors (Lipinski definition) is 4. The summed E-state index contributed by atoms with van der Waals surface area (Å²) in [6, 6.07) is 16.4. The summed E-state index contributed by atoms with van der Waals surface area (Å²) in [6.07, 6.45) is 4.42. The second kappa shape index (κ2) is 9.08. The van der Waals surface area contributed by atoms with Gasteiger partial charge in [0, 0.05) is 39.3 Å². The maximum atomic E-state index is 5.59. The average Bonchev–Trinajstić information content (AvgIpc) is 3.21. The lowest BCUT2D eigenvalue weighted by Crippen LogP contribution is -2.51. The van der Waals surface area contributed by atoms with E-state index in [2.05, 4.69) is 51.5 Å². The van der Waals surface area contributed by atoms with Gasteiger partial charge in [0.2, 0.25) is 6.79 Å². The quantitative estimate of drug-likeness (QED) is 0.784. The van der Waals surface area contributed by atoms with Crippen LogP contribution in [0.3, 0.4) is 0 Å². The summed E-state index contributed by atoms with van der Waals surface area (Å²) in [7, 11) is 0. The van der Waals surface area contributed by atoms with E-state index in [1.54, 1.807) is 0 Å². The van der Waals surface area contributed by atoms with Crippen LogP contribution in [-0.4, -0.2) is 54.4 Å². The second-order valence-corrected chi connectivity index (χ2v) is 7.33. The zero-order chi connectivity index (χ0) is 19.2. The number of piperazine rings is 1. The van der Waals surface area contributed by atoms with Crippen molar-refractivity contribution in [3.05, 3.63) is 65.7 Å². The van der Waals surface area contributed by atoms with E-state index in [1.165, 1.54) is 5.56 Å². The van der Waals surface area contributed by atoms with Crippen LogP contribution < -0.4 is 14.8 Å². The Morgan fingerprint density at radius 2 is 1.79 bits per heavy atom. The van der Waals surface area contributed by atoms with Crippen LogP contribution in [0.15, 0.2) is 54.6 Å². The summed E-state index contributed by atoms with van der Waals surface area (Å²) < 4.78 is 10.8. The minimum atomic E-state index is 0.301. The van der Waals surface area contributed by atoms with Gasteiger partial charge in [0.1, 0.15) is 0 Å². The first-order valence-electron chi connectivity index (χ1n) is 9.63. The van der Waals surface area contributed by atoms with Gasteiger partial charge >= 0.3 is 0 Å². The van der Waals surface area contributed by atoms with Gasteiger partial charge in [0.15, 0.2) is 16.6 Å². The highest BCUT2D eigenvalue weighted by molar-refractivity contribution is 7.80. The molecule has 0 radical (unpaired) electrons. The first-order chi connectivity index (χ1) is 13.8. The molecule has 0 aliphatic carbocycles. The predicted molar refractivity (Wildman–Crippen MR) is 115 cm³/mol. The van der Waals surface area contributed by atoms with Crippen LogP contribution in [0.4, 0.5) is 0 Å². The Bertz CT molecular complexity index is 833. The molecule has 4 rings (SSSR count). The van der Waals surface area contributed by atoms with E-state index in [0.717, 1.165) is 54.9 Å². The van der Waals surface area contributed by atoms with Crippen molar-refractivity contribution < 1.29 is 9.47 Å². The molecule has 0 aromatic heterocycles. The van der Waals surface area contributed by atoms with Gasteiger partial charge in [-0.2, -0.15) is 0 Å². The standard InChI is InChI=1S/C22H25N3O2S/c28-22(23-16-19-8-9-20-21(15-19)27-17-26-20)25-13-11-24(12-14-25)10-4-7-18-5-2-1-3-6-18/h1-9,15H,10-14,16-17H2,(H,23,28)/b7-4-. The van der Waals surface area contributed by atoms with Gasteiger partial charge in [-0.3, -0.25) is 4.90 Å². The van der Waals surface area contributed by atoms with E-state index in [-0.39, 0.29) is 0 Å². The van der Waals surface area contributed by atoms with Gasteiger partial charge in [-0.1, -0.05) is 48.6 Å². The Kier molecular flexibility index (Phi) is 6.09. The summed E-state index contributed by atoms with van der Waals surface area (Å²) in [5, 5.41) is 4.18. The maximum Gasteiger partial charge on any atom is 0.231 e. The number of benzene rings is 2. The van der Waals surface area contributed by atoms with Gasteiger partial charge < -0.3 is 19.7 Å². The first-order valence-corrected chi connectivity index (χ1v) is 10.0. The SMILES string of the molecule is S=C(NCc1ccc2c(c1)OCO2)N1CCN(C/C=C\c2ccccc2)CC1. The molecule has 1 fully saturated rings. The fraction of sp³-hybridized carbons (Fsp3) is 0.318. The highest BCUT2D eigenvalue weighted by atomic mass is 32.1. The van der Waals surface area contributed by atoms with Gasteiger partial charge in [0.25, 0.3) is 0 Å². The van der Waals surface area contributed by atoms with Crippen molar-refractivity contribution in [1.82, 2.24) is 15.1 Å². The lowest BCUT2D eigenvalue weighted by molar-refractivity contribution is 0.174. The molecule has 0 bridgehead atoms. The molecule has 2 aliphatic heterocycles. The van der Waals surface area contributed by atoms with Gasteiger partial charge in [-0.25, -0.2) is 0 Å². The lowest BCUT2D eigenvalue weighted by Gasteiger charge is -2.35. The predicted octanol–water partition coefficient (Wildman–Crippen LogP) is 3.12. The highest BCUT2D eigenvalue weighted by Gasteiger charge is 2.18. The largest absolute Gasteiger partial charge is 0.454 e. The van der Waals surface area contributed by atoms with Gasteiger partial charge in [-0.05, 0) is 35.5 Å². The van der Waals surface area contributed by atoms with E-state index < -0.39 is 0 Å². The summed E-state index contributed by atoms with van der Waals surface area (Å²) in [5.41, 5.74) is 2.38. The molecule has 28 heavy (non-hydrogen) atoms. The molecule has 2 aromatic carbocycles. The molecule has 2 aromatic rings. The van der Waals surface area contributed by atoms with E-state index in [1.807, 2.05) is 24.3 Å². The van der Waals surface area contributed by atoms with Crippen molar-refractivity contribution in [2.45, 2.75) is 6.54 Å². The van der Waals surface area contributed by atoms with Crippen LogP contribution in [0, 0.1) is 0 Å². The number of thiocarbonyl (C=S) groups is 1. The number of nitrogens with one attached hydrogen (secondary N) is 1. The van der Waals surface area contributed by atoms with Crippen molar-refractivity contribution in [2.24, 2.45) is 0 Å². The number of ether oxygens (including phenoxy) is 2. The van der Waals surface area contributed by atoms with Crippen LogP contribution in [0.2, 0.25) is 0 Å². The van der Waals surface area contributed by atoms with Crippen molar-refractivity contribution in [3.63, 3.8) is 0 Å². The lowest BCUT2D eigenvalue weighted by atomic mass is 10.2. The summed E-state index contributed by atoms with van der Waals surface area (Å²) in [6.45, 7) is 5.90. The van der Waals surface area contributed by atoms with Crippen molar-refractivity contribution >= 4 is 23.4 Å². The summed E-state index contributed by atoms with van der Waals surface area (Å²) in [4.78, 5) is 4.70. The molecule has 5 nitrogen and oxygen atoms in total. The molecular weight excluding hydrogens is 370 g/mol. The topological polar surface area (TPSA) is 37.0 Å². The third kappa shape index (κ3) is 4.82. The van der Waals surface area contributed by atoms with Crippen molar-refractivity contribution in [2.75, 3.05) is 39.5 Å². The van der Waals surface area contributed by atoms with Crippen LogP contribution in [0.1, 0.15) is 11.1 Å². The molecule has 0 atom stereocenters. The molecule has 146 valence electrons. The third-order valence-electron chi connectivity index (χ3n) is 5.01. The Hall–Kier alpha value is -2.57. The van der Waals surface area contributed by atoms with E-state index in [0.29, 0.717) is 13.3 Å². The molecule has 1 N–H and O–H groups in total. The van der Waals surface area contributed by atoms with Crippen LogP contribution in [-0.2, 0) is 6.54 Å². The minimum absolute atomic E-state index is 0.301. The maximum absolute atomic E-state index is 5.59. The number of fused-ring (bicyclic) bond motifs is 1. The van der Waals surface area contributed by atoms with Crippen LogP contribution >= 0.6 is 12.2 Å². The molecule has 1 saturated heterocycles. The van der Waals surface area contributed by atoms with Crippen molar-refractivity contribution in [1.29, 1.82) is 0 Å². The monoisotopic (exact) mass is 395 g/mol. The molecule has 0 unspecified atom stereocenters. The van der Waals surface area contributed by atoms with E-state index in [9.17, 15) is 0 Å². The third-order valence-corrected chi connectivity index (χ3v) is 5.42. The summed E-state index contributed by atoms with van der Waals surface area (Å²) in [5.74, 6) is 1.62. The summed E-state index contributed by atoms with van der Waals surface area (Å²) >= 11 is 5.59. The molecule has 6 heteroatoms. The van der Waals surface area contributed by atoms with Gasteiger partial charge in [0.05, 0.1) is 0 Å². The first kappa shape index (κ1) is 18.8. The Morgan fingerprint density at radius 3 is 2.61 bits per heavy atom. The smallest absolute Gasteiger partial charge is 0.231 e. The Labute approximate surface area is 171 Å². The molecule has 2 heterocycles. The Morgan fingerprint density at radius 1 is 1.00 bits per heavy atom. The zero-order valence-corrected chi connectivity index (χ0v) is 16.7. The molecule has 0 amide bonds. The zero-order valence-electron chi connectivity index (χ0n) is 15.8. The fourth-order valence-electron chi connectivity index (χ4n) is 3.38. The van der Waals surface area contributed by atoms with E-state index in [4.69, 9.17) is 21.7 Å². The molecular formula is C22H25N3O2S. The molecule has 2 aliphatic rings. The second-order valence-electron chi connectivity index (χ2n) is 6.95. The number of rotatable bonds is 5. The van der Waals surface area contributed by atoms with Crippen LogP contribution in [0.25, 0.3) is 6.08 Å². The van der Waals surface area contributed by atoms with Crippen molar-refractivity contribution in [3.8, 4) is 11.5 Å². The number of nitrogens with zero attached hydrogens (tertiary/aromatic N) is 2. The molecule has 0 saturated carbocycles.